The van der Waals surface area contributed by atoms with Crippen molar-refractivity contribution < 1.29 is 4.52 Å². The van der Waals surface area contributed by atoms with E-state index in [2.05, 4.69) is 26.9 Å². The molecule has 0 radical (unpaired) electrons. The predicted molar refractivity (Wildman–Crippen MR) is 73.1 cm³/mol. The summed E-state index contributed by atoms with van der Waals surface area (Å²) in [6.45, 7) is 6.09. The minimum absolute atomic E-state index is 0.325. The van der Waals surface area contributed by atoms with Crippen molar-refractivity contribution in [1.29, 1.82) is 0 Å². The molecule has 5 nitrogen and oxygen atoms in total. The van der Waals surface area contributed by atoms with Crippen molar-refractivity contribution in [2.45, 2.75) is 39.2 Å². The highest BCUT2D eigenvalue weighted by molar-refractivity contribution is 7.09. The summed E-state index contributed by atoms with van der Waals surface area (Å²) in [5, 5.41) is 4.07. The van der Waals surface area contributed by atoms with Crippen molar-refractivity contribution in [3.05, 3.63) is 27.8 Å². The van der Waals surface area contributed by atoms with Crippen molar-refractivity contribution in [3.63, 3.8) is 0 Å². The second kappa shape index (κ2) is 5.38. The van der Waals surface area contributed by atoms with Crippen LogP contribution in [0.25, 0.3) is 0 Å². The minimum Gasteiger partial charge on any atom is -0.340 e. The Morgan fingerprint density at radius 2 is 2.37 bits per heavy atom. The Kier molecular flexibility index (Phi) is 3.61. The van der Waals surface area contributed by atoms with Crippen LogP contribution in [0, 0.1) is 13.8 Å². The van der Waals surface area contributed by atoms with Gasteiger partial charge in [0, 0.05) is 18.3 Å². The molecule has 1 fully saturated rings. The van der Waals surface area contributed by atoms with E-state index in [1.807, 2.05) is 12.4 Å². The fourth-order valence-electron chi connectivity index (χ4n) is 2.65. The molecule has 0 aliphatic carbocycles. The average molecular weight is 278 g/mol. The van der Waals surface area contributed by atoms with Crippen LogP contribution in [0.2, 0.25) is 0 Å². The van der Waals surface area contributed by atoms with Crippen LogP contribution in [-0.4, -0.2) is 33.1 Å². The van der Waals surface area contributed by atoms with Crippen molar-refractivity contribution in [2.24, 2.45) is 0 Å². The Bertz CT molecular complexity index is 550. The van der Waals surface area contributed by atoms with Gasteiger partial charge in [-0.25, -0.2) is 4.98 Å². The first-order valence-electron chi connectivity index (χ1n) is 6.67. The van der Waals surface area contributed by atoms with Gasteiger partial charge in [0.25, 0.3) is 0 Å². The number of likely N-dealkylation sites (tertiary alicyclic amines) is 1. The van der Waals surface area contributed by atoms with Gasteiger partial charge in [0.05, 0.1) is 17.2 Å². The molecular formula is C13H18N4OS. The maximum absolute atomic E-state index is 5.10. The van der Waals surface area contributed by atoms with Gasteiger partial charge in [0.15, 0.2) is 5.82 Å². The lowest BCUT2D eigenvalue weighted by Gasteiger charge is -2.21. The summed E-state index contributed by atoms with van der Waals surface area (Å²) in [7, 11) is 0. The lowest BCUT2D eigenvalue weighted by Crippen LogP contribution is -2.26. The van der Waals surface area contributed by atoms with E-state index in [0.29, 0.717) is 11.9 Å². The molecule has 19 heavy (non-hydrogen) atoms. The van der Waals surface area contributed by atoms with E-state index in [0.717, 1.165) is 37.4 Å². The van der Waals surface area contributed by atoms with Gasteiger partial charge in [0.1, 0.15) is 0 Å². The Hall–Kier alpha value is -1.27. The topological polar surface area (TPSA) is 55.1 Å². The molecule has 1 aliphatic rings. The number of hydrogen-bond donors (Lipinski definition) is 0. The molecule has 0 N–H and O–H groups in total. The van der Waals surface area contributed by atoms with Crippen molar-refractivity contribution >= 4 is 11.3 Å². The van der Waals surface area contributed by atoms with Gasteiger partial charge in [-0.05, 0) is 32.7 Å². The molecule has 2 aromatic heterocycles. The van der Waals surface area contributed by atoms with Crippen LogP contribution in [0.15, 0.2) is 10.0 Å². The molecule has 3 heterocycles. The zero-order valence-corrected chi connectivity index (χ0v) is 12.1. The Balaban J connectivity index is 1.65. The van der Waals surface area contributed by atoms with E-state index >= 15 is 0 Å². The van der Waals surface area contributed by atoms with E-state index in [9.17, 15) is 0 Å². The van der Waals surface area contributed by atoms with Gasteiger partial charge in [-0.3, -0.25) is 4.90 Å². The number of aromatic nitrogens is 3. The molecule has 1 aliphatic heterocycles. The molecular weight excluding hydrogens is 260 g/mol. The largest absolute Gasteiger partial charge is 0.340 e. The Labute approximate surface area is 116 Å². The molecule has 0 spiro atoms. The SMILES string of the molecule is Cc1nc(C2CCCN2CCc2scnc2C)no1. The fourth-order valence-corrected chi connectivity index (χ4v) is 3.42. The zero-order chi connectivity index (χ0) is 13.2. The Morgan fingerprint density at radius 3 is 3.05 bits per heavy atom. The predicted octanol–water partition coefficient (Wildman–Crippen LogP) is 2.52. The van der Waals surface area contributed by atoms with Crippen LogP contribution in [0.5, 0.6) is 0 Å². The Morgan fingerprint density at radius 1 is 1.47 bits per heavy atom. The summed E-state index contributed by atoms with van der Waals surface area (Å²) in [5.74, 6) is 1.50. The zero-order valence-electron chi connectivity index (χ0n) is 11.3. The molecule has 6 heteroatoms. The van der Waals surface area contributed by atoms with Gasteiger partial charge < -0.3 is 4.52 Å². The first-order chi connectivity index (χ1) is 9.24. The molecule has 1 saturated heterocycles. The third-order valence-electron chi connectivity index (χ3n) is 3.68. The molecule has 102 valence electrons. The minimum atomic E-state index is 0.325. The first-order valence-corrected chi connectivity index (χ1v) is 7.55. The van der Waals surface area contributed by atoms with Gasteiger partial charge in [-0.2, -0.15) is 4.98 Å². The molecule has 2 aromatic rings. The molecule has 1 unspecified atom stereocenters. The number of nitrogens with zero attached hydrogens (tertiary/aromatic N) is 4. The third-order valence-corrected chi connectivity index (χ3v) is 4.67. The molecule has 0 aromatic carbocycles. The number of rotatable bonds is 4. The highest BCUT2D eigenvalue weighted by atomic mass is 32.1. The average Bonchev–Trinajstić information content (AvgIpc) is 3.07. The summed E-state index contributed by atoms with van der Waals surface area (Å²) in [4.78, 5) is 12.5. The van der Waals surface area contributed by atoms with Crippen LogP contribution in [-0.2, 0) is 6.42 Å². The second-order valence-electron chi connectivity index (χ2n) is 4.98. The first kappa shape index (κ1) is 12.7. The maximum atomic E-state index is 5.10. The molecule has 3 rings (SSSR count). The smallest absolute Gasteiger partial charge is 0.223 e. The maximum Gasteiger partial charge on any atom is 0.223 e. The second-order valence-corrected chi connectivity index (χ2v) is 5.92. The number of hydrogen-bond acceptors (Lipinski definition) is 6. The van der Waals surface area contributed by atoms with Crippen LogP contribution < -0.4 is 0 Å². The van der Waals surface area contributed by atoms with Crippen LogP contribution >= 0.6 is 11.3 Å². The summed E-state index contributed by atoms with van der Waals surface area (Å²) in [5.41, 5.74) is 3.09. The lowest BCUT2D eigenvalue weighted by atomic mass is 10.2. The van der Waals surface area contributed by atoms with Gasteiger partial charge >= 0.3 is 0 Å². The van der Waals surface area contributed by atoms with E-state index in [4.69, 9.17) is 4.52 Å². The van der Waals surface area contributed by atoms with Crippen molar-refractivity contribution in [2.75, 3.05) is 13.1 Å². The quantitative estimate of drug-likeness (QED) is 0.860. The van der Waals surface area contributed by atoms with Crippen molar-refractivity contribution in [1.82, 2.24) is 20.0 Å². The van der Waals surface area contributed by atoms with Crippen LogP contribution in [0.3, 0.4) is 0 Å². The van der Waals surface area contributed by atoms with Crippen molar-refractivity contribution in [3.8, 4) is 0 Å². The molecule has 0 bridgehead atoms. The van der Waals surface area contributed by atoms with Crippen LogP contribution in [0.1, 0.15) is 41.2 Å². The van der Waals surface area contributed by atoms with Gasteiger partial charge in [-0.15, -0.1) is 11.3 Å². The summed E-state index contributed by atoms with van der Waals surface area (Å²) < 4.78 is 5.10. The van der Waals surface area contributed by atoms with Crippen LogP contribution in [0.4, 0.5) is 0 Å². The molecule has 1 atom stereocenters. The monoisotopic (exact) mass is 278 g/mol. The van der Waals surface area contributed by atoms with Gasteiger partial charge in [-0.1, -0.05) is 5.16 Å². The third kappa shape index (κ3) is 2.69. The van der Waals surface area contributed by atoms with Gasteiger partial charge in [0.2, 0.25) is 5.89 Å². The number of aryl methyl sites for hydroxylation is 2. The molecule has 0 amide bonds. The summed E-state index contributed by atoms with van der Waals surface area (Å²) in [6, 6.07) is 0.325. The standard InChI is InChI=1S/C13H18N4OS/c1-9-12(19-8-14-9)5-7-17-6-3-4-11(17)13-15-10(2)18-16-13/h8,11H,3-7H2,1-2H3. The van der Waals surface area contributed by atoms with E-state index < -0.39 is 0 Å². The summed E-state index contributed by atoms with van der Waals surface area (Å²) in [6.07, 6.45) is 3.39. The number of thiazole rings is 1. The van der Waals surface area contributed by atoms with E-state index in [-0.39, 0.29) is 0 Å². The van der Waals surface area contributed by atoms with E-state index in [1.165, 1.54) is 11.3 Å². The lowest BCUT2D eigenvalue weighted by molar-refractivity contribution is 0.245. The highest BCUT2D eigenvalue weighted by Crippen LogP contribution is 2.30. The highest BCUT2D eigenvalue weighted by Gasteiger charge is 2.29. The normalized spacial score (nSPS) is 20.2. The van der Waals surface area contributed by atoms with E-state index in [1.54, 1.807) is 11.3 Å². The summed E-state index contributed by atoms with van der Waals surface area (Å²) >= 11 is 1.75. The fraction of sp³-hybridized carbons (Fsp3) is 0.615. The molecule has 0 saturated carbocycles.